The first-order valence-corrected chi connectivity index (χ1v) is 5.48. The molecule has 6 nitrogen and oxygen atoms in total. The van der Waals surface area contributed by atoms with Crippen molar-refractivity contribution in [3.63, 3.8) is 0 Å². The zero-order valence-corrected chi connectivity index (χ0v) is 10.3. The Bertz CT molecular complexity index is 577. The SMILES string of the molecule is CNc1ccc(Cn2nc(OC)ccc2=O)cn1. The Morgan fingerprint density at radius 1 is 1.33 bits per heavy atom. The molecule has 0 bridgehead atoms. The molecule has 94 valence electrons. The predicted molar refractivity (Wildman–Crippen MR) is 67.9 cm³/mol. The Balaban J connectivity index is 2.24. The number of nitrogens with zero attached hydrogens (tertiary/aromatic N) is 3. The third-order valence-corrected chi connectivity index (χ3v) is 2.46. The van der Waals surface area contributed by atoms with Crippen molar-refractivity contribution in [1.82, 2.24) is 14.8 Å². The van der Waals surface area contributed by atoms with Crippen molar-refractivity contribution in [2.24, 2.45) is 0 Å². The van der Waals surface area contributed by atoms with Gasteiger partial charge in [0.1, 0.15) is 5.82 Å². The zero-order valence-electron chi connectivity index (χ0n) is 10.3. The van der Waals surface area contributed by atoms with Crippen molar-refractivity contribution in [3.8, 4) is 5.88 Å². The number of hydrogen-bond acceptors (Lipinski definition) is 5. The molecular weight excluding hydrogens is 232 g/mol. The fraction of sp³-hybridized carbons (Fsp3) is 0.250. The molecule has 2 aromatic heterocycles. The fourth-order valence-electron chi connectivity index (χ4n) is 1.49. The summed E-state index contributed by atoms with van der Waals surface area (Å²) in [7, 11) is 3.32. The van der Waals surface area contributed by atoms with Gasteiger partial charge in [-0.1, -0.05) is 6.07 Å². The van der Waals surface area contributed by atoms with Gasteiger partial charge in [0.2, 0.25) is 5.88 Å². The number of aromatic nitrogens is 3. The van der Waals surface area contributed by atoms with Gasteiger partial charge in [0, 0.05) is 25.4 Å². The summed E-state index contributed by atoms with van der Waals surface area (Å²) >= 11 is 0. The molecule has 6 heteroatoms. The summed E-state index contributed by atoms with van der Waals surface area (Å²) in [5.74, 6) is 1.19. The molecule has 0 aliphatic heterocycles. The first kappa shape index (κ1) is 12.1. The van der Waals surface area contributed by atoms with Crippen LogP contribution in [0.1, 0.15) is 5.56 Å². The van der Waals surface area contributed by atoms with Crippen LogP contribution in [0.5, 0.6) is 5.88 Å². The number of methoxy groups -OCH3 is 1. The van der Waals surface area contributed by atoms with Crippen LogP contribution in [-0.2, 0) is 6.54 Å². The Hall–Kier alpha value is -2.37. The van der Waals surface area contributed by atoms with E-state index in [4.69, 9.17) is 4.74 Å². The van der Waals surface area contributed by atoms with Gasteiger partial charge in [-0.2, -0.15) is 0 Å². The smallest absolute Gasteiger partial charge is 0.267 e. The summed E-state index contributed by atoms with van der Waals surface area (Å²) in [4.78, 5) is 15.8. The number of ether oxygens (including phenoxy) is 1. The third kappa shape index (κ3) is 2.65. The normalized spacial score (nSPS) is 10.1. The van der Waals surface area contributed by atoms with Crippen LogP contribution in [-0.4, -0.2) is 28.9 Å². The van der Waals surface area contributed by atoms with Gasteiger partial charge in [-0.05, 0) is 11.6 Å². The minimum Gasteiger partial charge on any atom is -0.480 e. The molecule has 0 amide bonds. The van der Waals surface area contributed by atoms with E-state index < -0.39 is 0 Å². The van der Waals surface area contributed by atoms with E-state index in [1.165, 1.54) is 17.9 Å². The van der Waals surface area contributed by atoms with Crippen molar-refractivity contribution in [3.05, 3.63) is 46.4 Å². The lowest BCUT2D eigenvalue weighted by molar-refractivity contribution is 0.379. The molecule has 18 heavy (non-hydrogen) atoms. The van der Waals surface area contributed by atoms with E-state index in [-0.39, 0.29) is 5.56 Å². The Morgan fingerprint density at radius 2 is 2.17 bits per heavy atom. The van der Waals surface area contributed by atoms with E-state index in [9.17, 15) is 4.79 Å². The van der Waals surface area contributed by atoms with Crippen LogP contribution in [0.3, 0.4) is 0 Å². The van der Waals surface area contributed by atoms with Crippen LogP contribution in [0, 0.1) is 0 Å². The van der Waals surface area contributed by atoms with E-state index in [1.54, 1.807) is 19.3 Å². The minimum atomic E-state index is -0.173. The highest BCUT2D eigenvalue weighted by molar-refractivity contribution is 5.34. The van der Waals surface area contributed by atoms with Crippen LogP contribution < -0.4 is 15.6 Å². The van der Waals surface area contributed by atoms with Crippen molar-refractivity contribution in [2.75, 3.05) is 19.5 Å². The van der Waals surface area contributed by atoms with Gasteiger partial charge in [0.15, 0.2) is 0 Å². The van der Waals surface area contributed by atoms with E-state index in [0.717, 1.165) is 11.4 Å². The second kappa shape index (κ2) is 5.31. The van der Waals surface area contributed by atoms with Crippen LogP contribution in [0.4, 0.5) is 5.82 Å². The number of anilines is 1. The molecule has 0 fully saturated rings. The molecular formula is C12H14N4O2. The summed E-state index contributed by atoms with van der Waals surface area (Å²) < 4.78 is 6.33. The Kier molecular flexibility index (Phi) is 3.57. The molecule has 0 atom stereocenters. The van der Waals surface area contributed by atoms with E-state index in [1.807, 2.05) is 12.1 Å². The largest absolute Gasteiger partial charge is 0.480 e. The molecule has 2 rings (SSSR count). The molecule has 2 aromatic rings. The molecule has 0 spiro atoms. The lowest BCUT2D eigenvalue weighted by Gasteiger charge is -2.06. The van der Waals surface area contributed by atoms with Gasteiger partial charge in [-0.3, -0.25) is 4.79 Å². The molecule has 0 radical (unpaired) electrons. The maximum absolute atomic E-state index is 11.6. The summed E-state index contributed by atoms with van der Waals surface area (Å²) in [5.41, 5.74) is 0.727. The van der Waals surface area contributed by atoms with Gasteiger partial charge in [0.25, 0.3) is 5.56 Å². The van der Waals surface area contributed by atoms with Gasteiger partial charge in [0.05, 0.1) is 13.7 Å². The first-order chi connectivity index (χ1) is 8.72. The van der Waals surface area contributed by atoms with Crippen LogP contribution in [0.25, 0.3) is 0 Å². The maximum atomic E-state index is 11.6. The van der Waals surface area contributed by atoms with Crippen LogP contribution in [0.15, 0.2) is 35.3 Å². The van der Waals surface area contributed by atoms with E-state index in [2.05, 4.69) is 15.4 Å². The molecule has 0 saturated heterocycles. The molecule has 0 saturated carbocycles. The number of pyridine rings is 1. The lowest BCUT2D eigenvalue weighted by atomic mass is 10.3. The topological polar surface area (TPSA) is 69.0 Å². The van der Waals surface area contributed by atoms with Crippen molar-refractivity contribution < 1.29 is 4.74 Å². The second-order valence-corrected chi connectivity index (χ2v) is 3.67. The Morgan fingerprint density at radius 3 is 2.78 bits per heavy atom. The molecule has 0 aliphatic rings. The summed E-state index contributed by atoms with van der Waals surface area (Å²) in [6.45, 7) is 0.368. The van der Waals surface area contributed by atoms with E-state index in [0.29, 0.717) is 12.4 Å². The van der Waals surface area contributed by atoms with Crippen molar-refractivity contribution in [2.45, 2.75) is 6.54 Å². The van der Waals surface area contributed by atoms with E-state index >= 15 is 0 Å². The average Bonchev–Trinajstić information content (AvgIpc) is 2.42. The average molecular weight is 246 g/mol. The highest BCUT2D eigenvalue weighted by atomic mass is 16.5. The third-order valence-electron chi connectivity index (χ3n) is 2.46. The highest BCUT2D eigenvalue weighted by Crippen LogP contribution is 2.06. The Labute approximate surface area is 104 Å². The maximum Gasteiger partial charge on any atom is 0.267 e. The fourth-order valence-corrected chi connectivity index (χ4v) is 1.49. The van der Waals surface area contributed by atoms with Crippen LogP contribution >= 0.6 is 0 Å². The highest BCUT2D eigenvalue weighted by Gasteiger charge is 2.02. The first-order valence-electron chi connectivity index (χ1n) is 5.48. The zero-order chi connectivity index (χ0) is 13.0. The number of rotatable bonds is 4. The molecule has 0 aliphatic carbocycles. The van der Waals surface area contributed by atoms with Gasteiger partial charge in [-0.25, -0.2) is 9.67 Å². The molecule has 0 aromatic carbocycles. The number of hydrogen-bond donors (Lipinski definition) is 1. The summed E-state index contributed by atoms with van der Waals surface area (Å²) in [6, 6.07) is 6.72. The molecule has 2 heterocycles. The molecule has 0 unspecified atom stereocenters. The van der Waals surface area contributed by atoms with Crippen molar-refractivity contribution >= 4 is 5.82 Å². The lowest BCUT2D eigenvalue weighted by Crippen LogP contribution is -2.22. The monoisotopic (exact) mass is 246 g/mol. The van der Waals surface area contributed by atoms with Gasteiger partial charge < -0.3 is 10.1 Å². The predicted octanol–water partition coefficient (Wildman–Crippen LogP) is 0.737. The summed E-state index contributed by atoms with van der Waals surface area (Å²) in [5, 5.41) is 7.00. The second-order valence-electron chi connectivity index (χ2n) is 3.67. The van der Waals surface area contributed by atoms with Crippen LogP contribution in [0.2, 0.25) is 0 Å². The minimum absolute atomic E-state index is 0.173. The standard InChI is InChI=1S/C12H14N4O2/c1-13-10-4-3-9(7-14-10)8-16-12(17)6-5-11(15-16)18-2/h3-7H,8H2,1-2H3,(H,13,14). The quantitative estimate of drug-likeness (QED) is 0.861. The van der Waals surface area contributed by atoms with Crippen molar-refractivity contribution in [1.29, 1.82) is 0 Å². The molecule has 1 N–H and O–H groups in total. The number of nitrogens with one attached hydrogen (secondary N) is 1. The van der Waals surface area contributed by atoms with Gasteiger partial charge >= 0.3 is 0 Å². The van der Waals surface area contributed by atoms with Gasteiger partial charge in [-0.15, -0.1) is 5.10 Å². The summed E-state index contributed by atoms with van der Waals surface area (Å²) in [6.07, 6.45) is 1.71.